The number of aromatic amines is 2. The van der Waals surface area contributed by atoms with Crippen LogP contribution in [0.5, 0.6) is 17.2 Å². The molecule has 7 heterocycles. The first-order valence-electron chi connectivity index (χ1n) is 26.3. The number of thiazole rings is 1. The van der Waals surface area contributed by atoms with E-state index in [0.717, 1.165) is 55.9 Å². The van der Waals surface area contributed by atoms with Gasteiger partial charge in [0.15, 0.2) is 7.28 Å². The largest absolute Gasteiger partial charge is 0.489 e. The van der Waals surface area contributed by atoms with Crippen LogP contribution >= 0.6 is 11.3 Å². The van der Waals surface area contributed by atoms with Crippen LogP contribution in [0, 0.1) is 12.8 Å². The highest BCUT2D eigenvalue weighted by Crippen LogP contribution is 2.63. The van der Waals surface area contributed by atoms with Crippen molar-refractivity contribution in [1.82, 2.24) is 40.0 Å². The lowest BCUT2D eigenvalue weighted by Crippen LogP contribution is -2.55. The predicted molar refractivity (Wildman–Crippen MR) is 296 cm³/mol. The second-order valence-corrected chi connectivity index (χ2v) is 22.1. The molecule has 1 saturated carbocycles. The van der Waals surface area contributed by atoms with Crippen LogP contribution in [0.25, 0.3) is 43.6 Å². The first-order chi connectivity index (χ1) is 38.5. The molecule has 13 rings (SSSR count). The van der Waals surface area contributed by atoms with E-state index in [1.165, 1.54) is 22.3 Å². The molecule has 1 unspecified atom stereocenters. The molecule has 1 saturated heterocycles. The number of hydrogen-bond donors (Lipinski definition) is 4. The van der Waals surface area contributed by atoms with Gasteiger partial charge in [0, 0.05) is 54.9 Å². The SMILES string of the molecule is Cc1ncsc1-c1ccc(CNC(=O)C2C[C@@H](O)CN2C(=O)[C@H](C(C)C)N2Cc3ccccc3C2=O)c([B]c2ccc(-c3cc4c(Oc5ccc6c(c5)[C@@H]5[C@H](O6)[C@H]5c5nc6ccc(C(F)(F)F)cc6[nH]5)ccnc4[nH]c3=O)cc2)c1. The van der Waals surface area contributed by atoms with E-state index in [4.69, 9.17) is 9.47 Å². The minimum Gasteiger partial charge on any atom is -0.489 e. The van der Waals surface area contributed by atoms with Crippen LogP contribution in [0.1, 0.15) is 76.2 Å². The zero-order valence-electron chi connectivity index (χ0n) is 43.2. The van der Waals surface area contributed by atoms with Gasteiger partial charge in [0.2, 0.25) is 11.8 Å². The maximum Gasteiger partial charge on any atom is 0.416 e. The van der Waals surface area contributed by atoms with E-state index >= 15 is 0 Å². The molecule has 4 N–H and O–H groups in total. The molecule has 0 bridgehead atoms. The molecule has 3 amide bonds. The highest BCUT2D eigenvalue weighted by molar-refractivity contribution is 7.13. The molecular formula is C60H49BF3N8O7S. The van der Waals surface area contributed by atoms with Gasteiger partial charge in [-0.25, -0.2) is 15.0 Å². The van der Waals surface area contributed by atoms with Gasteiger partial charge in [0.05, 0.1) is 50.1 Å². The second-order valence-electron chi connectivity index (χ2n) is 21.2. The third kappa shape index (κ3) is 9.14. The average Bonchev–Trinajstić information content (AvgIpc) is 4.15. The number of aliphatic hydroxyl groups is 1. The number of alkyl halides is 3. The van der Waals surface area contributed by atoms with Crippen LogP contribution in [0.2, 0.25) is 0 Å². The topological polar surface area (TPSA) is 196 Å². The van der Waals surface area contributed by atoms with Crippen molar-refractivity contribution in [3.63, 3.8) is 0 Å². The van der Waals surface area contributed by atoms with E-state index in [1.54, 1.807) is 46.9 Å². The van der Waals surface area contributed by atoms with Crippen molar-refractivity contribution < 1.29 is 42.1 Å². The fourth-order valence-electron chi connectivity index (χ4n) is 11.7. The summed E-state index contributed by atoms with van der Waals surface area (Å²) in [6.07, 6.45) is -4.01. The maximum atomic E-state index is 14.4. The number of halogens is 3. The molecule has 80 heavy (non-hydrogen) atoms. The quantitative estimate of drug-likeness (QED) is 0.0817. The Morgan fingerprint density at radius 2 is 1.74 bits per heavy atom. The number of nitrogens with zero attached hydrogens (tertiary/aromatic N) is 5. The Balaban J connectivity index is 0.721. The van der Waals surface area contributed by atoms with Gasteiger partial charge in [-0.3, -0.25) is 19.2 Å². The van der Waals surface area contributed by atoms with Gasteiger partial charge in [-0.1, -0.05) is 85.4 Å². The Bertz CT molecular complexity index is 4050. The zero-order chi connectivity index (χ0) is 55.3. The van der Waals surface area contributed by atoms with E-state index < -0.39 is 35.8 Å². The van der Waals surface area contributed by atoms with Crippen molar-refractivity contribution in [2.45, 2.75) is 82.6 Å². The summed E-state index contributed by atoms with van der Waals surface area (Å²) in [5.41, 5.74) is 9.32. The molecule has 4 aromatic heterocycles. The van der Waals surface area contributed by atoms with E-state index in [0.29, 0.717) is 61.8 Å². The summed E-state index contributed by atoms with van der Waals surface area (Å²) in [4.78, 5) is 79.4. The van der Waals surface area contributed by atoms with Gasteiger partial charge in [-0.2, -0.15) is 13.2 Å². The number of likely N-dealkylation sites (tertiary alicyclic amines) is 1. The summed E-state index contributed by atoms with van der Waals surface area (Å²) in [6, 6.07) is 31.4. The highest BCUT2D eigenvalue weighted by Gasteiger charge is 2.61. The van der Waals surface area contributed by atoms with Gasteiger partial charge in [0.1, 0.15) is 46.9 Å². The van der Waals surface area contributed by atoms with E-state index in [-0.39, 0.29) is 67.3 Å². The van der Waals surface area contributed by atoms with Crippen molar-refractivity contribution in [3.05, 3.63) is 177 Å². The first kappa shape index (κ1) is 50.9. The molecule has 3 aliphatic heterocycles. The van der Waals surface area contributed by atoms with E-state index in [2.05, 4.69) is 30.2 Å². The Hall–Kier alpha value is -8.62. The van der Waals surface area contributed by atoms with Crippen molar-refractivity contribution in [2.75, 3.05) is 6.54 Å². The minimum atomic E-state index is -4.47. The Labute approximate surface area is 460 Å². The molecular weight excluding hydrogens is 1040 g/mol. The molecule has 9 aromatic rings. The van der Waals surface area contributed by atoms with Crippen molar-refractivity contribution in [1.29, 1.82) is 0 Å². The number of ether oxygens (including phenoxy) is 2. The lowest BCUT2D eigenvalue weighted by molar-refractivity contribution is -0.143. The molecule has 1 aliphatic carbocycles. The summed E-state index contributed by atoms with van der Waals surface area (Å²) >= 11 is 1.52. The number of benzene rings is 5. The lowest BCUT2D eigenvalue weighted by Gasteiger charge is -2.35. The number of H-pyrrole nitrogens is 2. The van der Waals surface area contributed by atoms with Crippen LogP contribution in [0.15, 0.2) is 132 Å². The number of amides is 3. The number of rotatable bonds is 13. The second kappa shape index (κ2) is 19.6. The lowest BCUT2D eigenvalue weighted by atomic mass is 9.62. The Morgan fingerprint density at radius 1 is 0.925 bits per heavy atom. The molecule has 4 aliphatic rings. The number of carbonyl (C=O) groups excluding carboxylic acids is 3. The van der Waals surface area contributed by atoms with Gasteiger partial charge >= 0.3 is 6.18 Å². The minimum absolute atomic E-state index is 0.0321. The van der Waals surface area contributed by atoms with E-state index in [9.17, 15) is 37.5 Å². The number of fused-ring (bicyclic) bond motifs is 6. The normalized spacial score (nSPS) is 19.5. The smallest absolute Gasteiger partial charge is 0.416 e. The summed E-state index contributed by atoms with van der Waals surface area (Å²) < 4.78 is 53.0. The molecule has 5 aromatic carbocycles. The summed E-state index contributed by atoms with van der Waals surface area (Å²) in [5.74, 6) is 0.673. The van der Waals surface area contributed by atoms with Crippen LogP contribution in [0.4, 0.5) is 13.2 Å². The zero-order valence-corrected chi connectivity index (χ0v) is 44.1. The molecule has 6 atom stereocenters. The number of aliphatic hydroxyl groups excluding tert-OH is 1. The number of aromatic nitrogens is 5. The number of aryl methyl sites for hydroxylation is 1. The Morgan fingerprint density at radius 3 is 2.51 bits per heavy atom. The maximum absolute atomic E-state index is 14.4. The van der Waals surface area contributed by atoms with Crippen LogP contribution in [-0.2, 0) is 28.9 Å². The number of carbonyl (C=O) groups is 3. The Kier molecular flexibility index (Phi) is 12.5. The summed E-state index contributed by atoms with van der Waals surface area (Å²) in [5, 5.41) is 14.5. The summed E-state index contributed by atoms with van der Waals surface area (Å²) in [7, 11) is 2.00. The van der Waals surface area contributed by atoms with Crippen LogP contribution in [-0.4, -0.2) is 95.7 Å². The standard InChI is InChI=1S/C60H49BF3N8O7S/c1-29(2)51(72-26-34-6-4-5-7-39(34)58(72)76)59(77)71-27-37(73)22-46(71)57(75)66-25-33-9-8-32(53-30(3)67-28-80-53)20-43(33)61-36-13-10-31(11-14-36)40-24-42-48(18-19-65-54(42)70-56(40)74)78-38-15-17-47-41(23-38)49-50(52(49)79-47)55-68-44-16-12-35(60(62,63)64)21-45(44)69-55/h4-21,23-24,28-29,37,46,49-52,73H,22,25-27H2,1-3H3,(H,66,75)(H,68,69)(H,65,70,74)/t37-,46?,49+,50+,51+,52+/m1/s1. The van der Waals surface area contributed by atoms with E-state index in [1.807, 2.05) is 94.8 Å². The van der Waals surface area contributed by atoms with Crippen molar-refractivity contribution in [3.8, 4) is 38.8 Å². The monoisotopic (exact) mass is 1090 g/mol. The first-order valence-corrected chi connectivity index (χ1v) is 27.1. The van der Waals surface area contributed by atoms with Crippen LogP contribution in [0.3, 0.4) is 0 Å². The number of β-amino-alcohol motifs (C(OH)–C–C–N with tert-alkyl or cyclic N) is 1. The third-order valence-electron chi connectivity index (χ3n) is 15.7. The molecule has 2 fully saturated rings. The van der Waals surface area contributed by atoms with Crippen LogP contribution < -0.4 is 31.3 Å². The van der Waals surface area contributed by atoms with Crippen molar-refractivity contribution >= 4 is 69.3 Å². The van der Waals surface area contributed by atoms with Crippen molar-refractivity contribution in [2.24, 2.45) is 5.92 Å². The molecule has 401 valence electrons. The third-order valence-corrected chi connectivity index (χ3v) is 16.7. The van der Waals surface area contributed by atoms with Gasteiger partial charge in [0.25, 0.3) is 11.5 Å². The average molecular weight is 1090 g/mol. The molecule has 20 heteroatoms. The van der Waals surface area contributed by atoms with Gasteiger partial charge in [-0.05, 0) is 89.7 Å². The summed E-state index contributed by atoms with van der Waals surface area (Å²) in [6.45, 7) is 6.06. The van der Waals surface area contributed by atoms with Gasteiger partial charge < -0.3 is 39.7 Å². The predicted octanol–water partition coefficient (Wildman–Crippen LogP) is 8.27. The fraction of sp³-hybridized carbons (Fsp3) is 0.250. The highest BCUT2D eigenvalue weighted by atomic mass is 32.1. The number of pyridine rings is 2. The number of imidazole rings is 1. The molecule has 1 radical (unpaired) electrons. The number of nitrogens with one attached hydrogen (secondary N) is 3. The van der Waals surface area contributed by atoms with Gasteiger partial charge in [-0.15, -0.1) is 11.3 Å². The fourth-order valence-corrected chi connectivity index (χ4v) is 12.5. The molecule has 0 spiro atoms. The number of hydrogen-bond acceptors (Lipinski definition) is 11. The molecule has 15 nitrogen and oxygen atoms in total.